The molecule has 0 rings (SSSR count). The number of carbonyl (C=O) groups excluding carboxylic acids is 2. The van der Waals surface area contributed by atoms with Crippen molar-refractivity contribution < 1.29 is 24.5 Å². The van der Waals surface area contributed by atoms with E-state index in [1.807, 2.05) is 0 Å². The number of carbonyl (C=O) groups is 2. The molecule has 0 aromatic rings. The lowest BCUT2D eigenvalue weighted by atomic mass is 10.0. The topological polar surface area (TPSA) is 95.9 Å². The molecule has 6 nitrogen and oxygen atoms in total. The quantitative estimate of drug-likeness (QED) is 0.0322. The van der Waals surface area contributed by atoms with Crippen molar-refractivity contribution in [3.05, 3.63) is 60.8 Å². The summed E-state index contributed by atoms with van der Waals surface area (Å²) in [5, 5.41) is 23.7. The fourth-order valence-electron chi connectivity index (χ4n) is 7.83. The van der Waals surface area contributed by atoms with E-state index in [-0.39, 0.29) is 24.9 Å². The van der Waals surface area contributed by atoms with E-state index in [9.17, 15) is 19.8 Å². The van der Waals surface area contributed by atoms with Gasteiger partial charge in [0.05, 0.1) is 25.2 Å². The number of unbranched alkanes of at least 4 members (excludes halogenated alkanes) is 25. The monoisotopic (exact) mass is 868 g/mol. The zero-order valence-corrected chi connectivity index (χ0v) is 41.0. The zero-order valence-electron chi connectivity index (χ0n) is 41.0. The van der Waals surface area contributed by atoms with Crippen LogP contribution in [0.4, 0.5) is 0 Å². The first-order chi connectivity index (χ1) is 30.5. The van der Waals surface area contributed by atoms with Crippen molar-refractivity contribution in [2.45, 2.75) is 277 Å². The van der Waals surface area contributed by atoms with E-state index in [1.54, 1.807) is 0 Å². The molecule has 3 atom stereocenters. The molecule has 0 saturated carbocycles. The number of ether oxygens (including phenoxy) is 1. The summed E-state index contributed by atoms with van der Waals surface area (Å²) in [6.45, 7) is 6.35. The van der Waals surface area contributed by atoms with Gasteiger partial charge >= 0.3 is 5.97 Å². The second kappa shape index (κ2) is 49.6. The minimum atomic E-state index is -0.803. The molecule has 3 N–H and O–H groups in total. The summed E-state index contributed by atoms with van der Waals surface area (Å²) in [5.74, 6) is -0.535. The van der Waals surface area contributed by atoms with Crippen LogP contribution in [-0.4, -0.2) is 46.9 Å². The van der Waals surface area contributed by atoms with Gasteiger partial charge in [0.15, 0.2) is 0 Å². The Balaban J connectivity index is 4.63. The van der Waals surface area contributed by atoms with E-state index in [2.05, 4.69) is 86.8 Å². The smallest absolute Gasteiger partial charge is 0.306 e. The van der Waals surface area contributed by atoms with Crippen LogP contribution in [0.2, 0.25) is 0 Å². The van der Waals surface area contributed by atoms with Gasteiger partial charge in [0, 0.05) is 6.42 Å². The number of aliphatic hydroxyl groups is 2. The number of rotatable bonds is 47. The number of hydrogen-bond acceptors (Lipinski definition) is 5. The summed E-state index contributed by atoms with van der Waals surface area (Å²) in [4.78, 5) is 26.1. The molecule has 0 saturated heterocycles. The summed E-state index contributed by atoms with van der Waals surface area (Å²) in [6.07, 6.45) is 61.5. The number of allylic oxidation sites excluding steroid dienone is 10. The summed E-state index contributed by atoms with van der Waals surface area (Å²) in [5.41, 5.74) is 0. The van der Waals surface area contributed by atoms with Gasteiger partial charge < -0.3 is 20.3 Å². The lowest BCUT2D eigenvalue weighted by Crippen LogP contribution is -2.46. The van der Waals surface area contributed by atoms with Crippen molar-refractivity contribution in [3.8, 4) is 0 Å². The van der Waals surface area contributed by atoms with Gasteiger partial charge in [0.2, 0.25) is 5.91 Å². The lowest BCUT2D eigenvalue weighted by Gasteiger charge is -2.24. The molecule has 0 spiro atoms. The number of aliphatic hydroxyl groups excluding tert-OH is 2. The highest BCUT2D eigenvalue weighted by atomic mass is 16.5. The van der Waals surface area contributed by atoms with E-state index in [0.717, 1.165) is 83.5 Å². The highest BCUT2D eigenvalue weighted by Crippen LogP contribution is 2.17. The third-order valence-electron chi connectivity index (χ3n) is 11.8. The van der Waals surface area contributed by atoms with Gasteiger partial charge in [-0.05, 0) is 83.5 Å². The number of hydrogen-bond donors (Lipinski definition) is 3. The fraction of sp³-hybridized carbons (Fsp3) is 0.786. The third-order valence-corrected chi connectivity index (χ3v) is 11.8. The Morgan fingerprint density at radius 2 is 0.887 bits per heavy atom. The second-order valence-electron chi connectivity index (χ2n) is 17.9. The van der Waals surface area contributed by atoms with E-state index in [4.69, 9.17) is 4.74 Å². The maximum atomic E-state index is 13.2. The Morgan fingerprint density at radius 1 is 0.484 bits per heavy atom. The third kappa shape index (κ3) is 44.2. The fourth-order valence-corrected chi connectivity index (χ4v) is 7.83. The molecular weight excluding hydrogens is 767 g/mol. The van der Waals surface area contributed by atoms with Crippen LogP contribution in [0, 0.1) is 0 Å². The van der Waals surface area contributed by atoms with Gasteiger partial charge in [-0.3, -0.25) is 9.59 Å². The molecule has 0 aliphatic carbocycles. The Bertz CT molecular complexity index is 1110. The van der Waals surface area contributed by atoms with Gasteiger partial charge in [-0.1, -0.05) is 223 Å². The van der Waals surface area contributed by atoms with Crippen LogP contribution in [0.3, 0.4) is 0 Å². The molecule has 0 aromatic carbocycles. The predicted molar refractivity (Wildman–Crippen MR) is 268 cm³/mol. The van der Waals surface area contributed by atoms with Crippen molar-refractivity contribution in [1.29, 1.82) is 0 Å². The van der Waals surface area contributed by atoms with Crippen molar-refractivity contribution in [1.82, 2.24) is 5.32 Å². The minimum absolute atomic E-state index is 0.0360. The zero-order chi connectivity index (χ0) is 45.2. The molecule has 62 heavy (non-hydrogen) atoms. The van der Waals surface area contributed by atoms with Gasteiger partial charge in [0.1, 0.15) is 6.10 Å². The lowest BCUT2D eigenvalue weighted by molar-refractivity contribution is -0.151. The average molecular weight is 868 g/mol. The van der Waals surface area contributed by atoms with Crippen LogP contribution in [0.5, 0.6) is 0 Å². The van der Waals surface area contributed by atoms with Crippen LogP contribution in [0.1, 0.15) is 258 Å². The summed E-state index contributed by atoms with van der Waals surface area (Å²) < 4.78 is 5.91. The van der Waals surface area contributed by atoms with E-state index >= 15 is 0 Å². The summed E-state index contributed by atoms with van der Waals surface area (Å²) in [6, 6.07) is -0.721. The van der Waals surface area contributed by atoms with Crippen molar-refractivity contribution in [2.75, 3.05) is 6.61 Å². The average Bonchev–Trinajstić information content (AvgIpc) is 3.26. The van der Waals surface area contributed by atoms with Crippen LogP contribution in [-0.2, 0) is 14.3 Å². The van der Waals surface area contributed by atoms with Crippen LogP contribution < -0.4 is 5.32 Å². The molecule has 3 unspecified atom stereocenters. The first-order valence-electron chi connectivity index (χ1n) is 26.5. The van der Waals surface area contributed by atoms with Crippen LogP contribution in [0.15, 0.2) is 60.8 Å². The number of esters is 1. The molecule has 0 aromatic heterocycles. The normalized spacial score (nSPS) is 13.7. The van der Waals surface area contributed by atoms with E-state index in [0.29, 0.717) is 19.3 Å². The van der Waals surface area contributed by atoms with Gasteiger partial charge in [-0.2, -0.15) is 0 Å². The predicted octanol–water partition coefficient (Wildman–Crippen LogP) is 16.0. The van der Waals surface area contributed by atoms with Crippen molar-refractivity contribution >= 4 is 11.9 Å². The van der Waals surface area contributed by atoms with Gasteiger partial charge in [-0.25, -0.2) is 0 Å². The standard InChI is InChI=1S/C56H101NO5/c1-4-7-10-13-16-19-22-24-26-27-28-29-31-34-37-40-43-46-49-56(61)62-52(47-44-41-38-35-33-30-25-23-20-17-14-11-8-5-2)50-55(60)57-53(51-58)54(59)48-45-42-39-36-32-21-18-15-12-9-6-3/h8,11,17,20,25,28-30,35,38,52-54,58-59H,4-7,9-10,12-16,18-19,21-24,26-27,31-34,36-37,39-51H2,1-3H3,(H,57,60)/b11-8+,20-17+,29-28+,30-25+,38-35+. The second-order valence-corrected chi connectivity index (χ2v) is 17.9. The summed E-state index contributed by atoms with van der Waals surface area (Å²) in [7, 11) is 0. The van der Waals surface area contributed by atoms with E-state index in [1.165, 1.54) is 128 Å². The molecule has 0 aliphatic heterocycles. The summed E-state index contributed by atoms with van der Waals surface area (Å²) >= 11 is 0. The van der Waals surface area contributed by atoms with E-state index < -0.39 is 18.2 Å². The first-order valence-corrected chi connectivity index (χ1v) is 26.5. The molecular formula is C56H101NO5. The van der Waals surface area contributed by atoms with Crippen molar-refractivity contribution in [3.63, 3.8) is 0 Å². The largest absolute Gasteiger partial charge is 0.462 e. The highest BCUT2D eigenvalue weighted by Gasteiger charge is 2.24. The Labute approximate surface area is 384 Å². The maximum Gasteiger partial charge on any atom is 0.306 e. The number of amides is 1. The van der Waals surface area contributed by atoms with Crippen LogP contribution >= 0.6 is 0 Å². The highest BCUT2D eigenvalue weighted by molar-refractivity contribution is 5.77. The Morgan fingerprint density at radius 3 is 1.37 bits per heavy atom. The molecule has 360 valence electrons. The Hall–Kier alpha value is -2.44. The SMILES string of the molecule is CC/C=C/C/C=C/C/C=C/C/C=C/CCCC(CC(=O)NC(CO)C(O)CCCCCCCCCCCCC)OC(=O)CCCCCCC/C=C/CCCCCCCCCCC. The molecule has 6 heteroatoms. The maximum absolute atomic E-state index is 13.2. The van der Waals surface area contributed by atoms with Gasteiger partial charge in [0.25, 0.3) is 0 Å². The minimum Gasteiger partial charge on any atom is -0.462 e. The molecule has 0 radical (unpaired) electrons. The molecule has 0 aliphatic rings. The number of nitrogens with one attached hydrogen (secondary N) is 1. The van der Waals surface area contributed by atoms with Gasteiger partial charge in [-0.15, -0.1) is 0 Å². The molecule has 0 fully saturated rings. The first kappa shape index (κ1) is 59.6. The molecule has 1 amide bonds. The van der Waals surface area contributed by atoms with Crippen LogP contribution in [0.25, 0.3) is 0 Å². The molecule has 0 bridgehead atoms. The molecule has 0 heterocycles. The van der Waals surface area contributed by atoms with Crippen molar-refractivity contribution in [2.24, 2.45) is 0 Å². The Kier molecular flexibility index (Phi) is 47.6.